The first-order valence-electron chi connectivity index (χ1n) is 6.42. The first-order chi connectivity index (χ1) is 7.46. The summed E-state index contributed by atoms with van der Waals surface area (Å²) in [5.41, 5.74) is 0.408. The third-order valence-corrected chi connectivity index (χ3v) is 3.99. The van der Waals surface area contributed by atoms with Crippen LogP contribution in [0.4, 0.5) is 0 Å². The van der Waals surface area contributed by atoms with Gasteiger partial charge >= 0.3 is 5.97 Å². The van der Waals surface area contributed by atoms with Crippen LogP contribution in [-0.2, 0) is 4.79 Å². The number of hydrogen-bond donors (Lipinski definition) is 1. The van der Waals surface area contributed by atoms with E-state index in [1.54, 1.807) is 0 Å². The monoisotopic (exact) mass is 225 g/mol. The molecule has 0 aliphatic heterocycles. The molecule has 1 unspecified atom stereocenters. The fraction of sp³-hybridized carbons (Fsp3) is 0.923. The van der Waals surface area contributed by atoms with Gasteiger partial charge in [0.05, 0.1) is 6.54 Å². The number of hydrogen-bond acceptors (Lipinski definition) is 2. The molecule has 92 valence electrons. The standard InChI is InChI=1S/C13H23NO2/c1-13(2)6-5-11(7-13)14(9-12(15)16)8-10-3-4-10/h10-11H,3-9H2,1-2H3,(H,15,16). The zero-order valence-electron chi connectivity index (χ0n) is 10.4. The Bertz CT molecular complexity index is 271. The molecule has 1 N–H and O–H groups in total. The Morgan fingerprint density at radius 3 is 2.50 bits per heavy atom. The number of carbonyl (C=O) groups is 1. The molecule has 0 spiro atoms. The number of carboxylic acid groups (broad SMARTS) is 1. The summed E-state index contributed by atoms with van der Waals surface area (Å²) in [5, 5.41) is 8.97. The summed E-state index contributed by atoms with van der Waals surface area (Å²) >= 11 is 0. The largest absolute Gasteiger partial charge is 0.480 e. The van der Waals surface area contributed by atoms with Crippen molar-refractivity contribution in [2.24, 2.45) is 11.3 Å². The van der Waals surface area contributed by atoms with Crippen LogP contribution in [0.1, 0.15) is 46.0 Å². The molecule has 0 aromatic rings. The van der Waals surface area contributed by atoms with Crippen molar-refractivity contribution in [3.05, 3.63) is 0 Å². The first-order valence-corrected chi connectivity index (χ1v) is 6.42. The minimum atomic E-state index is -0.676. The lowest BCUT2D eigenvalue weighted by molar-refractivity contribution is -0.139. The Morgan fingerprint density at radius 1 is 1.38 bits per heavy atom. The Balaban J connectivity index is 1.92. The summed E-state index contributed by atoms with van der Waals surface area (Å²) in [6, 6.07) is 0.506. The van der Waals surface area contributed by atoms with Gasteiger partial charge in [-0.2, -0.15) is 0 Å². The van der Waals surface area contributed by atoms with Gasteiger partial charge in [-0.25, -0.2) is 0 Å². The van der Waals surface area contributed by atoms with Gasteiger partial charge in [0.25, 0.3) is 0 Å². The molecule has 2 aliphatic rings. The molecule has 0 amide bonds. The molecule has 2 rings (SSSR count). The SMILES string of the molecule is CC1(C)CCC(N(CC(=O)O)CC2CC2)C1. The van der Waals surface area contributed by atoms with Crippen LogP contribution in [0.2, 0.25) is 0 Å². The van der Waals surface area contributed by atoms with Gasteiger partial charge < -0.3 is 5.11 Å². The van der Waals surface area contributed by atoms with Crippen LogP contribution in [0.25, 0.3) is 0 Å². The molecule has 16 heavy (non-hydrogen) atoms. The quantitative estimate of drug-likeness (QED) is 0.781. The van der Waals surface area contributed by atoms with Crippen LogP contribution in [0.15, 0.2) is 0 Å². The Labute approximate surface area is 97.8 Å². The lowest BCUT2D eigenvalue weighted by Crippen LogP contribution is -2.39. The number of aliphatic carboxylic acids is 1. The average molecular weight is 225 g/mol. The second-order valence-corrected chi connectivity index (χ2v) is 6.33. The van der Waals surface area contributed by atoms with Crippen LogP contribution in [0.5, 0.6) is 0 Å². The molecule has 2 fully saturated rings. The van der Waals surface area contributed by atoms with Crippen molar-refractivity contribution >= 4 is 5.97 Å². The molecule has 1 atom stereocenters. The van der Waals surface area contributed by atoms with Crippen LogP contribution in [-0.4, -0.2) is 35.1 Å². The van der Waals surface area contributed by atoms with Crippen LogP contribution in [0.3, 0.4) is 0 Å². The maximum atomic E-state index is 10.9. The zero-order valence-corrected chi connectivity index (χ0v) is 10.4. The second kappa shape index (κ2) is 4.36. The molecule has 0 aromatic heterocycles. The topological polar surface area (TPSA) is 40.5 Å². The molecular formula is C13H23NO2. The predicted octanol–water partition coefficient (Wildman–Crippen LogP) is 2.36. The Morgan fingerprint density at radius 2 is 2.06 bits per heavy atom. The van der Waals surface area contributed by atoms with Gasteiger partial charge in [0, 0.05) is 12.6 Å². The molecule has 3 nitrogen and oxygen atoms in total. The van der Waals surface area contributed by atoms with Gasteiger partial charge in [0.1, 0.15) is 0 Å². The first kappa shape index (κ1) is 11.9. The normalized spacial score (nSPS) is 28.6. The zero-order chi connectivity index (χ0) is 11.8. The minimum Gasteiger partial charge on any atom is -0.480 e. The van der Waals surface area contributed by atoms with Crippen molar-refractivity contribution in [1.29, 1.82) is 0 Å². The van der Waals surface area contributed by atoms with E-state index in [-0.39, 0.29) is 6.54 Å². The van der Waals surface area contributed by atoms with Crippen molar-refractivity contribution in [3.8, 4) is 0 Å². The van der Waals surface area contributed by atoms with Gasteiger partial charge in [-0.15, -0.1) is 0 Å². The molecule has 0 heterocycles. The third-order valence-electron chi connectivity index (χ3n) is 3.99. The summed E-state index contributed by atoms with van der Waals surface area (Å²) < 4.78 is 0. The Kier molecular flexibility index (Phi) is 3.24. The average Bonchev–Trinajstić information content (AvgIpc) is 2.88. The fourth-order valence-electron chi connectivity index (χ4n) is 2.86. The summed E-state index contributed by atoms with van der Waals surface area (Å²) in [4.78, 5) is 13.1. The van der Waals surface area contributed by atoms with Crippen molar-refractivity contribution in [3.63, 3.8) is 0 Å². The van der Waals surface area contributed by atoms with Crippen molar-refractivity contribution < 1.29 is 9.90 Å². The highest BCUT2D eigenvalue weighted by Gasteiger charge is 2.37. The van der Waals surface area contributed by atoms with Crippen molar-refractivity contribution in [2.75, 3.05) is 13.1 Å². The molecule has 0 radical (unpaired) electrons. The van der Waals surface area contributed by atoms with E-state index in [0.29, 0.717) is 11.5 Å². The van der Waals surface area contributed by atoms with Crippen molar-refractivity contribution in [2.45, 2.75) is 52.0 Å². The van der Waals surface area contributed by atoms with Gasteiger partial charge in [-0.3, -0.25) is 9.69 Å². The maximum absolute atomic E-state index is 10.9. The van der Waals surface area contributed by atoms with Gasteiger partial charge in [-0.05, 0) is 43.4 Å². The van der Waals surface area contributed by atoms with E-state index in [4.69, 9.17) is 5.11 Å². The van der Waals surface area contributed by atoms with E-state index in [0.717, 1.165) is 18.9 Å². The summed E-state index contributed by atoms with van der Waals surface area (Å²) in [7, 11) is 0. The highest BCUT2D eigenvalue weighted by atomic mass is 16.4. The van der Waals surface area contributed by atoms with E-state index in [1.807, 2.05) is 0 Å². The number of rotatable bonds is 5. The second-order valence-electron chi connectivity index (χ2n) is 6.33. The van der Waals surface area contributed by atoms with Gasteiger partial charge in [-0.1, -0.05) is 13.8 Å². The molecular weight excluding hydrogens is 202 g/mol. The minimum absolute atomic E-state index is 0.233. The fourth-order valence-corrected chi connectivity index (χ4v) is 2.86. The lowest BCUT2D eigenvalue weighted by atomic mass is 9.91. The highest BCUT2D eigenvalue weighted by Crippen LogP contribution is 2.40. The summed E-state index contributed by atoms with van der Waals surface area (Å²) in [5.74, 6) is 0.105. The lowest BCUT2D eigenvalue weighted by Gasteiger charge is -2.28. The number of nitrogens with zero attached hydrogens (tertiary/aromatic N) is 1. The van der Waals surface area contributed by atoms with Crippen LogP contribution in [0, 0.1) is 11.3 Å². The number of carboxylic acids is 1. The Hall–Kier alpha value is -0.570. The molecule has 0 bridgehead atoms. The summed E-state index contributed by atoms with van der Waals surface area (Å²) in [6.07, 6.45) is 6.16. The summed E-state index contributed by atoms with van der Waals surface area (Å²) in [6.45, 7) is 5.83. The van der Waals surface area contributed by atoms with E-state index < -0.39 is 5.97 Å². The van der Waals surface area contributed by atoms with Crippen LogP contribution < -0.4 is 0 Å². The predicted molar refractivity (Wildman–Crippen MR) is 63.4 cm³/mol. The maximum Gasteiger partial charge on any atom is 0.317 e. The van der Waals surface area contributed by atoms with Gasteiger partial charge in [0.2, 0.25) is 0 Å². The molecule has 0 saturated heterocycles. The molecule has 2 aliphatic carbocycles. The molecule has 2 saturated carbocycles. The van der Waals surface area contributed by atoms with E-state index in [9.17, 15) is 4.79 Å². The van der Waals surface area contributed by atoms with E-state index in [2.05, 4.69) is 18.7 Å². The van der Waals surface area contributed by atoms with E-state index >= 15 is 0 Å². The van der Waals surface area contributed by atoms with E-state index in [1.165, 1.54) is 25.7 Å². The third kappa shape index (κ3) is 3.21. The highest BCUT2D eigenvalue weighted by molar-refractivity contribution is 5.69. The smallest absolute Gasteiger partial charge is 0.317 e. The van der Waals surface area contributed by atoms with Gasteiger partial charge in [0.15, 0.2) is 0 Å². The van der Waals surface area contributed by atoms with Crippen LogP contribution >= 0.6 is 0 Å². The molecule has 0 aromatic carbocycles. The van der Waals surface area contributed by atoms with Crippen molar-refractivity contribution in [1.82, 2.24) is 4.90 Å². The molecule has 3 heteroatoms.